The molecule has 0 spiro atoms. The first-order valence-electron chi connectivity index (χ1n) is 6.72. The third-order valence-electron chi connectivity index (χ3n) is 2.65. The summed E-state index contributed by atoms with van der Waals surface area (Å²) in [5.74, 6) is 1.00. The third-order valence-corrected chi connectivity index (χ3v) is 2.65. The number of amides is 1. The van der Waals surface area contributed by atoms with Crippen LogP contribution in [0.3, 0.4) is 0 Å². The molecule has 5 heteroatoms. The number of aliphatic imine (C=N–C) groups is 1. The van der Waals surface area contributed by atoms with Gasteiger partial charge in [0, 0.05) is 39.6 Å². The van der Waals surface area contributed by atoms with Gasteiger partial charge in [-0.15, -0.1) is 0 Å². The Morgan fingerprint density at radius 2 is 1.89 bits per heavy atom. The van der Waals surface area contributed by atoms with Crippen LogP contribution in [0.25, 0.3) is 0 Å². The molecule has 0 heterocycles. The molecule has 0 radical (unpaired) electrons. The Morgan fingerprint density at radius 3 is 2.39 bits per heavy atom. The van der Waals surface area contributed by atoms with E-state index in [1.165, 1.54) is 6.42 Å². The maximum Gasteiger partial charge on any atom is 0.222 e. The first kappa shape index (κ1) is 16.7. The number of unbranched alkanes of at least 4 members (excludes halogenated alkanes) is 1. The Labute approximate surface area is 111 Å². The second kappa shape index (κ2) is 9.74. The van der Waals surface area contributed by atoms with Gasteiger partial charge in [0.1, 0.15) is 0 Å². The zero-order valence-electron chi connectivity index (χ0n) is 12.4. The van der Waals surface area contributed by atoms with Crippen LogP contribution in [0, 0.1) is 5.92 Å². The first-order chi connectivity index (χ1) is 8.52. The second-order valence-corrected chi connectivity index (χ2v) is 4.69. The van der Waals surface area contributed by atoms with Crippen LogP contribution in [0.1, 0.15) is 33.6 Å². The molecular weight excluding hydrogens is 228 g/mol. The highest BCUT2D eigenvalue weighted by Crippen LogP contribution is 1.92. The van der Waals surface area contributed by atoms with Gasteiger partial charge in [0.25, 0.3) is 0 Å². The van der Waals surface area contributed by atoms with Crippen LogP contribution in [0.5, 0.6) is 0 Å². The van der Waals surface area contributed by atoms with Gasteiger partial charge in [-0.3, -0.25) is 9.79 Å². The van der Waals surface area contributed by atoms with Crippen molar-refractivity contribution < 1.29 is 4.79 Å². The molecule has 0 aromatic carbocycles. The summed E-state index contributed by atoms with van der Waals surface area (Å²) in [5, 5.41) is 6.10. The number of hydrogen-bond acceptors (Lipinski definition) is 2. The fourth-order valence-electron chi connectivity index (χ4n) is 1.45. The van der Waals surface area contributed by atoms with Crippen molar-refractivity contribution in [3.05, 3.63) is 0 Å². The van der Waals surface area contributed by atoms with E-state index >= 15 is 0 Å². The normalized spacial score (nSPS) is 11.6. The van der Waals surface area contributed by atoms with Crippen molar-refractivity contribution in [2.75, 3.05) is 33.7 Å². The van der Waals surface area contributed by atoms with Crippen molar-refractivity contribution in [3.8, 4) is 0 Å². The molecule has 0 aliphatic rings. The summed E-state index contributed by atoms with van der Waals surface area (Å²) >= 11 is 0. The third kappa shape index (κ3) is 7.14. The van der Waals surface area contributed by atoms with Gasteiger partial charge in [-0.25, -0.2) is 0 Å². The lowest BCUT2D eigenvalue weighted by molar-refractivity contribution is -0.123. The van der Waals surface area contributed by atoms with Crippen molar-refractivity contribution in [1.29, 1.82) is 0 Å². The molecule has 5 nitrogen and oxygen atoms in total. The fourth-order valence-corrected chi connectivity index (χ4v) is 1.45. The predicted octanol–water partition coefficient (Wildman–Crippen LogP) is 1.07. The van der Waals surface area contributed by atoms with Gasteiger partial charge in [-0.2, -0.15) is 0 Å². The average Bonchev–Trinajstić information content (AvgIpc) is 2.35. The first-order valence-corrected chi connectivity index (χ1v) is 6.72. The van der Waals surface area contributed by atoms with Crippen LogP contribution >= 0.6 is 0 Å². The summed E-state index contributed by atoms with van der Waals surface area (Å²) in [6, 6.07) is 0. The molecule has 0 saturated carbocycles. The Hall–Kier alpha value is -1.26. The molecule has 0 saturated heterocycles. The van der Waals surface area contributed by atoms with E-state index in [1.54, 1.807) is 7.05 Å². The fraction of sp³-hybridized carbons (Fsp3) is 0.846. The topological polar surface area (TPSA) is 56.7 Å². The Morgan fingerprint density at radius 1 is 1.28 bits per heavy atom. The smallest absolute Gasteiger partial charge is 0.222 e. The summed E-state index contributed by atoms with van der Waals surface area (Å²) in [6.07, 6.45) is 2.33. The second-order valence-electron chi connectivity index (χ2n) is 4.69. The molecular formula is C13H28N4O. The SMILES string of the molecule is CCCCN(C)C(=NC)NCCNC(=O)C(C)C. The number of nitrogens with zero attached hydrogens (tertiary/aromatic N) is 2. The van der Waals surface area contributed by atoms with Crippen molar-refractivity contribution in [2.45, 2.75) is 33.6 Å². The largest absolute Gasteiger partial charge is 0.354 e. The van der Waals surface area contributed by atoms with Crippen LogP contribution in [0.15, 0.2) is 4.99 Å². The van der Waals surface area contributed by atoms with Gasteiger partial charge < -0.3 is 15.5 Å². The number of rotatable bonds is 7. The minimum Gasteiger partial charge on any atom is -0.354 e. The van der Waals surface area contributed by atoms with E-state index in [2.05, 4.69) is 27.4 Å². The Balaban J connectivity index is 3.85. The van der Waals surface area contributed by atoms with Crippen molar-refractivity contribution >= 4 is 11.9 Å². The lowest BCUT2D eigenvalue weighted by Crippen LogP contribution is -2.43. The molecule has 1 amide bonds. The number of carbonyl (C=O) groups is 1. The van der Waals surface area contributed by atoms with Crippen molar-refractivity contribution in [2.24, 2.45) is 10.9 Å². The number of nitrogens with one attached hydrogen (secondary N) is 2. The zero-order valence-corrected chi connectivity index (χ0v) is 12.4. The van der Waals surface area contributed by atoms with E-state index in [0.29, 0.717) is 13.1 Å². The van der Waals surface area contributed by atoms with Gasteiger partial charge in [0.05, 0.1) is 0 Å². The number of hydrogen-bond donors (Lipinski definition) is 2. The molecule has 18 heavy (non-hydrogen) atoms. The molecule has 0 aromatic rings. The maximum atomic E-state index is 11.4. The van der Waals surface area contributed by atoms with Gasteiger partial charge >= 0.3 is 0 Å². The zero-order chi connectivity index (χ0) is 14.0. The quantitative estimate of drug-likeness (QED) is 0.407. The Kier molecular flexibility index (Phi) is 9.06. The summed E-state index contributed by atoms with van der Waals surface area (Å²) in [5.41, 5.74) is 0. The van der Waals surface area contributed by atoms with E-state index in [-0.39, 0.29) is 11.8 Å². The predicted molar refractivity (Wildman–Crippen MR) is 76.7 cm³/mol. The molecule has 106 valence electrons. The van der Waals surface area contributed by atoms with E-state index in [1.807, 2.05) is 20.9 Å². The highest BCUT2D eigenvalue weighted by Gasteiger charge is 2.06. The lowest BCUT2D eigenvalue weighted by Gasteiger charge is -2.22. The summed E-state index contributed by atoms with van der Waals surface area (Å²) < 4.78 is 0. The van der Waals surface area contributed by atoms with Gasteiger partial charge in [-0.05, 0) is 6.42 Å². The molecule has 0 aliphatic heterocycles. The molecule has 0 fully saturated rings. The molecule has 0 aliphatic carbocycles. The van der Waals surface area contributed by atoms with Crippen LogP contribution in [-0.2, 0) is 4.79 Å². The van der Waals surface area contributed by atoms with Gasteiger partial charge in [0.2, 0.25) is 5.91 Å². The van der Waals surface area contributed by atoms with Crippen LogP contribution in [0.4, 0.5) is 0 Å². The van der Waals surface area contributed by atoms with Gasteiger partial charge in [-0.1, -0.05) is 27.2 Å². The van der Waals surface area contributed by atoms with Crippen LogP contribution in [-0.4, -0.2) is 50.5 Å². The minimum atomic E-state index is 0.0385. The highest BCUT2D eigenvalue weighted by atomic mass is 16.1. The summed E-state index contributed by atoms with van der Waals surface area (Å²) in [7, 11) is 3.80. The molecule has 0 aromatic heterocycles. The Bertz CT molecular complexity index is 264. The summed E-state index contributed by atoms with van der Waals surface area (Å²) in [6.45, 7) is 8.26. The van der Waals surface area contributed by atoms with Crippen molar-refractivity contribution in [1.82, 2.24) is 15.5 Å². The summed E-state index contributed by atoms with van der Waals surface area (Å²) in [4.78, 5) is 17.7. The monoisotopic (exact) mass is 256 g/mol. The van der Waals surface area contributed by atoms with Gasteiger partial charge in [0.15, 0.2) is 5.96 Å². The average molecular weight is 256 g/mol. The molecule has 0 bridgehead atoms. The molecule has 0 rings (SSSR count). The van der Waals surface area contributed by atoms with Crippen molar-refractivity contribution in [3.63, 3.8) is 0 Å². The van der Waals surface area contributed by atoms with E-state index < -0.39 is 0 Å². The number of carbonyl (C=O) groups excluding carboxylic acids is 1. The standard InChI is InChI=1S/C13H28N4O/c1-6-7-10-17(5)13(14-4)16-9-8-15-12(18)11(2)3/h11H,6-10H2,1-5H3,(H,14,16)(H,15,18). The maximum absolute atomic E-state index is 11.4. The number of guanidine groups is 1. The van der Waals surface area contributed by atoms with E-state index in [0.717, 1.165) is 18.9 Å². The minimum absolute atomic E-state index is 0.0385. The van der Waals surface area contributed by atoms with Crippen LogP contribution < -0.4 is 10.6 Å². The molecule has 0 unspecified atom stereocenters. The molecule has 0 atom stereocenters. The highest BCUT2D eigenvalue weighted by molar-refractivity contribution is 5.80. The lowest BCUT2D eigenvalue weighted by atomic mass is 10.2. The van der Waals surface area contributed by atoms with E-state index in [9.17, 15) is 4.79 Å². The van der Waals surface area contributed by atoms with Crippen LogP contribution in [0.2, 0.25) is 0 Å². The van der Waals surface area contributed by atoms with E-state index in [4.69, 9.17) is 0 Å². The molecule has 2 N–H and O–H groups in total.